The second-order valence-electron chi connectivity index (χ2n) is 4.39. The number of carbonyl (C=O) groups is 1. The van der Waals surface area contributed by atoms with Crippen LogP contribution in [0.5, 0.6) is 0 Å². The van der Waals surface area contributed by atoms with E-state index in [-0.39, 0.29) is 13.1 Å². The highest BCUT2D eigenvalue weighted by Gasteiger charge is 2.16. The molecule has 2 heterocycles. The van der Waals surface area contributed by atoms with Gasteiger partial charge in [0.2, 0.25) is 5.89 Å². The minimum atomic E-state index is -0.899. The Hall–Kier alpha value is -2.15. The molecular weight excluding hydrogens is 250 g/mol. The zero-order valence-corrected chi connectivity index (χ0v) is 11.0. The normalized spacial score (nSPS) is 11.2. The highest BCUT2D eigenvalue weighted by molar-refractivity contribution is 5.69. The summed E-state index contributed by atoms with van der Waals surface area (Å²) >= 11 is 0. The number of carboxylic acids is 1. The lowest BCUT2D eigenvalue weighted by molar-refractivity contribution is -0.138. The topological polar surface area (TPSA) is 92.6 Å². The first kappa shape index (κ1) is 13.3. The van der Waals surface area contributed by atoms with Crippen molar-refractivity contribution in [2.45, 2.75) is 20.4 Å². The summed E-state index contributed by atoms with van der Waals surface area (Å²) < 4.78 is 10.9. The maximum absolute atomic E-state index is 10.6. The van der Waals surface area contributed by atoms with E-state index in [0.717, 1.165) is 11.3 Å². The molecule has 0 bridgehead atoms. The van der Waals surface area contributed by atoms with Gasteiger partial charge in [0.25, 0.3) is 5.89 Å². The second-order valence-corrected chi connectivity index (χ2v) is 4.39. The van der Waals surface area contributed by atoms with Crippen molar-refractivity contribution in [1.29, 1.82) is 0 Å². The highest BCUT2D eigenvalue weighted by atomic mass is 16.4. The van der Waals surface area contributed by atoms with Crippen molar-refractivity contribution in [3.05, 3.63) is 23.5 Å². The fourth-order valence-electron chi connectivity index (χ4n) is 1.79. The van der Waals surface area contributed by atoms with Crippen molar-refractivity contribution >= 4 is 5.97 Å². The van der Waals surface area contributed by atoms with Crippen LogP contribution in [0.15, 0.2) is 14.9 Å². The number of aryl methyl sites for hydroxylation is 2. The lowest BCUT2D eigenvalue weighted by Gasteiger charge is -2.09. The molecular formula is C12H15N3O4. The van der Waals surface area contributed by atoms with E-state index >= 15 is 0 Å². The van der Waals surface area contributed by atoms with Crippen molar-refractivity contribution < 1.29 is 18.7 Å². The van der Waals surface area contributed by atoms with Gasteiger partial charge >= 0.3 is 5.97 Å². The summed E-state index contributed by atoms with van der Waals surface area (Å²) in [5.41, 5.74) is 0.761. The van der Waals surface area contributed by atoms with Gasteiger partial charge in [0.1, 0.15) is 11.5 Å². The number of furan rings is 1. The lowest BCUT2D eigenvalue weighted by atomic mass is 10.2. The van der Waals surface area contributed by atoms with Crippen molar-refractivity contribution in [2.75, 3.05) is 13.6 Å². The first-order valence-corrected chi connectivity index (χ1v) is 5.76. The van der Waals surface area contributed by atoms with Gasteiger partial charge in [-0.05, 0) is 27.0 Å². The Morgan fingerprint density at radius 1 is 1.37 bits per heavy atom. The summed E-state index contributed by atoms with van der Waals surface area (Å²) in [6, 6.07) is 1.83. The van der Waals surface area contributed by atoms with E-state index in [0.29, 0.717) is 17.5 Å². The molecule has 0 spiro atoms. The average molecular weight is 265 g/mol. The molecule has 0 aliphatic carbocycles. The zero-order chi connectivity index (χ0) is 14.0. The number of likely N-dealkylation sites (N-methyl/N-ethyl adjacent to an activating group) is 1. The van der Waals surface area contributed by atoms with Crippen LogP contribution in [0.2, 0.25) is 0 Å². The summed E-state index contributed by atoms with van der Waals surface area (Å²) in [5, 5.41) is 16.5. The number of hydrogen-bond acceptors (Lipinski definition) is 6. The predicted octanol–water partition coefficient (Wildman–Crippen LogP) is 1.46. The van der Waals surface area contributed by atoms with Gasteiger partial charge in [0.15, 0.2) is 0 Å². The van der Waals surface area contributed by atoms with Gasteiger partial charge in [-0.3, -0.25) is 9.69 Å². The Bertz CT molecular complexity index is 588. The van der Waals surface area contributed by atoms with Gasteiger partial charge in [-0.15, -0.1) is 10.2 Å². The molecule has 7 nitrogen and oxygen atoms in total. The van der Waals surface area contributed by atoms with Crippen LogP contribution in [0, 0.1) is 13.8 Å². The van der Waals surface area contributed by atoms with Crippen molar-refractivity contribution in [3.63, 3.8) is 0 Å². The second kappa shape index (κ2) is 5.23. The number of rotatable bonds is 5. The molecule has 102 valence electrons. The molecule has 0 atom stereocenters. The Morgan fingerprint density at radius 3 is 2.68 bits per heavy atom. The summed E-state index contributed by atoms with van der Waals surface area (Å²) in [6.45, 7) is 3.87. The van der Waals surface area contributed by atoms with Crippen LogP contribution < -0.4 is 0 Å². The van der Waals surface area contributed by atoms with Gasteiger partial charge in [-0.25, -0.2) is 0 Å². The molecule has 2 rings (SSSR count). The quantitative estimate of drug-likeness (QED) is 0.874. The van der Waals surface area contributed by atoms with Crippen LogP contribution in [-0.2, 0) is 11.3 Å². The Balaban J connectivity index is 2.11. The predicted molar refractivity (Wildman–Crippen MR) is 65.4 cm³/mol. The van der Waals surface area contributed by atoms with Gasteiger partial charge in [0.05, 0.1) is 18.7 Å². The summed E-state index contributed by atoms with van der Waals surface area (Å²) in [4.78, 5) is 12.1. The fourth-order valence-corrected chi connectivity index (χ4v) is 1.79. The molecule has 0 amide bonds. The standard InChI is InChI=1S/C12H15N3O4/c1-7-4-9(8(2)18-7)12-14-13-10(19-12)5-15(3)6-11(16)17/h4H,5-6H2,1-3H3,(H,16,17). The molecule has 0 aromatic carbocycles. The lowest BCUT2D eigenvalue weighted by Crippen LogP contribution is -2.25. The van der Waals surface area contributed by atoms with E-state index in [1.54, 1.807) is 11.9 Å². The van der Waals surface area contributed by atoms with Crippen molar-refractivity contribution in [3.8, 4) is 11.5 Å². The molecule has 0 saturated heterocycles. The van der Waals surface area contributed by atoms with Crippen LogP contribution in [0.25, 0.3) is 11.5 Å². The molecule has 0 saturated carbocycles. The number of hydrogen-bond donors (Lipinski definition) is 1. The third-order valence-corrected chi connectivity index (χ3v) is 2.55. The molecule has 0 aliphatic rings. The number of aromatic nitrogens is 2. The first-order valence-electron chi connectivity index (χ1n) is 5.76. The maximum Gasteiger partial charge on any atom is 0.317 e. The maximum atomic E-state index is 10.6. The zero-order valence-electron chi connectivity index (χ0n) is 11.0. The van der Waals surface area contributed by atoms with Crippen LogP contribution in [-0.4, -0.2) is 39.8 Å². The molecule has 19 heavy (non-hydrogen) atoms. The number of nitrogens with zero attached hydrogens (tertiary/aromatic N) is 3. The Morgan fingerprint density at radius 2 is 2.11 bits per heavy atom. The Labute approximate surface area is 109 Å². The van der Waals surface area contributed by atoms with Crippen LogP contribution in [0.1, 0.15) is 17.4 Å². The van der Waals surface area contributed by atoms with E-state index in [9.17, 15) is 4.79 Å². The molecule has 0 unspecified atom stereocenters. The van der Waals surface area contributed by atoms with Crippen molar-refractivity contribution in [1.82, 2.24) is 15.1 Å². The fraction of sp³-hybridized carbons (Fsp3) is 0.417. The SMILES string of the molecule is Cc1cc(-c2nnc(CN(C)CC(=O)O)o2)c(C)o1. The van der Waals surface area contributed by atoms with Gasteiger partial charge < -0.3 is 13.9 Å². The van der Waals surface area contributed by atoms with E-state index in [2.05, 4.69) is 10.2 Å². The highest BCUT2D eigenvalue weighted by Crippen LogP contribution is 2.25. The third-order valence-electron chi connectivity index (χ3n) is 2.55. The minimum Gasteiger partial charge on any atom is -0.480 e. The number of carboxylic acid groups (broad SMARTS) is 1. The molecule has 0 radical (unpaired) electrons. The smallest absolute Gasteiger partial charge is 0.317 e. The average Bonchev–Trinajstić information content (AvgIpc) is 2.84. The third kappa shape index (κ3) is 3.19. The van der Waals surface area contributed by atoms with E-state index < -0.39 is 5.97 Å². The molecule has 2 aromatic rings. The molecule has 2 aromatic heterocycles. The van der Waals surface area contributed by atoms with Crippen LogP contribution >= 0.6 is 0 Å². The largest absolute Gasteiger partial charge is 0.480 e. The summed E-state index contributed by atoms with van der Waals surface area (Å²) in [6.07, 6.45) is 0. The number of aliphatic carboxylic acids is 1. The van der Waals surface area contributed by atoms with E-state index in [1.165, 1.54) is 0 Å². The summed E-state index contributed by atoms with van der Waals surface area (Å²) in [7, 11) is 1.67. The van der Waals surface area contributed by atoms with Crippen LogP contribution in [0.3, 0.4) is 0 Å². The monoisotopic (exact) mass is 265 g/mol. The molecule has 7 heteroatoms. The first-order chi connectivity index (χ1) is 8.95. The van der Waals surface area contributed by atoms with E-state index in [4.69, 9.17) is 13.9 Å². The Kier molecular flexibility index (Phi) is 3.66. The minimum absolute atomic E-state index is 0.0818. The van der Waals surface area contributed by atoms with Crippen LogP contribution in [0.4, 0.5) is 0 Å². The van der Waals surface area contributed by atoms with Gasteiger partial charge in [0, 0.05) is 0 Å². The van der Waals surface area contributed by atoms with Gasteiger partial charge in [-0.1, -0.05) is 0 Å². The van der Waals surface area contributed by atoms with E-state index in [1.807, 2.05) is 19.9 Å². The van der Waals surface area contributed by atoms with Crippen molar-refractivity contribution in [2.24, 2.45) is 0 Å². The molecule has 0 aliphatic heterocycles. The van der Waals surface area contributed by atoms with Gasteiger partial charge in [-0.2, -0.15) is 0 Å². The summed E-state index contributed by atoms with van der Waals surface area (Å²) in [5.74, 6) is 1.34. The molecule has 1 N–H and O–H groups in total. The molecule has 0 fully saturated rings.